The Kier molecular flexibility index (Phi) is 3.59. The molecule has 0 spiro atoms. The number of benzene rings is 1. The summed E-state index contributed by atoms with van der Waals surface area (Å²) in [5.41, 5.74) is 0.484. The van der Waals surface area contributed by atoms with Crippen molar-refractivity contribution in [3.63, 3.8) is 0 Å². The zero-order valence-electron chi connectivity index (χ0n) is 8.80. The van der Waals surface area contributed by atoms with Crippen LogP contribution in [-0.4, -0.2) is 12.5 Å². The molecule has 1 amide bonds. The molecular formula is C12H13BrFNO. The number of carbonyl (C=O) groups excluding carboxylic acids is 1. The number of amides is 1. The van der Waals surface area contributed by atoms with Gasteiger partial charge < -0.3 is 5.32 Å². The highest BCUT2D eigenvalue weighted by molar-refractivity contribution is 9.10. The summed E-state index contributed by atoms with van der Waals surface area (Å²) in [5, 5.41) is 2.84. The van der Waals surface area contributed by atoms with Crippen LogP contribution in [0.3, 0.4) is 0 Å². The molecule has 0 saturated heterocycles. The summed E-state index contributed by atoms with van der Waals surface area (Å²) in [4.78, 5) is 11.7. The second kappa shape index (κ2) is 4.95. The Balaban J connectivity index is 1.91. The van der Waals surface area contributed by atoms with E-state index in [2.05, 4.69) is 21.2 Å². The summed E-state index contributed by atoms with van der Waals surface area (Å²) in [6, 6.07) is 4.09. The van der Waals surface area contributed by atoms with Crippen molar-refractivity contribution in [3.8, 4) is 0 Å². The Morgan fingerprint density at radius 3 is 2.88 bits per heavy atom. The van der Waals surface area contributed by atoms with Crippen LogP contribution in [0.4, 0.5) is 4.39 Å². The molecule has 1 saturated carbocycles. The van der Waals surface area contributed by atoms with Gasteiger partial charge in [0.1, 0.15) is 5.82 Å². The van der Waals surface area contributed by atoms with Crippen molar-refractivity contribution in [3.05, 3.63) is 34.1 Å². The zero-order valence-corrected chi connectivity index (χ0v) is 10.4. The molecular weight excluding hydrogens is 273 g/mol. The van der Waals surface area contributed by atoms with Crippen LogP contribution in [0.1, 0.15) is 29.6 Å². The quantitative estimate of drug-likeness (QED) is 0.905. The molecule has 0 atom stereocenters. The average Bonchev–Trinajstić information content (AvgIpc) is 3.01. The summed E-state index contributed by atoms with van der Waals surface area (Å²) < 4.78 is 13.3. The first-order valence-corrected chi connectivity index (χ1v) is 6.19. The number of rotatable bonds is 4. The Bertz CT molecular complexity index is 404. The third-order valence-electron chi connectivity index (χ3n) is 2.71. The minimum atomic E-state index is -0.346. The van der Waals surface area contributed by atoms with E-state index in [4.69, 9.17) is 0 Å². The lowest BCUT2D eigenvalue weighted by atomic mass is 10.2. The second-order valence-electron chi connectivity index (χ2n) is 4.11. The topological polar surface area (TPSA) is 29.1 Å². The Labute approximate surface area is 102 Å². The summed E-state index contributed by atoms with van der Waals surface area (Å²) in [6.45, 7) is 0.702. The molecule has 2 nitrogen and oxygen atoms in total. The maximum absolute atomic E-state index is 12.8. The van der Waals surface area contributed by atoms with Gasteiger partial charge in [-0.15, -0.1) is 0 Å². The molecule has 16 heavy (non-hydrogen) atoms. The lowest BCUT2D eigenvalue weighted by Crippen LogP contribution is -2.25. The van der Waals surface area contributed by atoms with Crippen LogP contribution in [0.2, 0.25) is 0 Å². The Morgan fingerprint density at radius 1 is 1.50 bits per heavy atom. The van der Waals surface area contributed by atoms with Crippen LogP contribution < -0.4 is 5.32 Å². The van der Waals surface area contributed by atoms with Crippen LogP contribution in [-0.2, 0) is 0 Å². The van der Waals surface area contributed by atoms with Crippen molar-refractivity contribution in [1.82, 2.24) is 5.32 Å². The van der Waals surface area contributed by atoms with Crippen molar-refractivity contribution in [2.24, 2.45) is 5.92 Å². The first-order chi connectivity index (χ1) is 7.66. The maximum Gasteiger partial charge on any atom is 0.252 e. The van der Waals surface area contributed by atoms with Gasteiger partial charge >= 0.3 is 0 Å². The van der Waals surface area contributed by atoms with Gasteiger partial charge in [-0.1, -0.05) is 12.8 Å². The highest BCUT2D eigenvalue weighted by atomic mass is 79.9. The van der Waals surface area contributed by atoms with Gasteiger partial charge in [0.2, 0.25) is 0 Å². The van der Waals surface area contributed by atoms with E-state index in [0.29, 0.717) is 16.6 Å². The minimum absolute atomic E-state index is 0.146. The standard InChI is InChI=1S/C12H13BrFNO/c13-11-7-9(14)3-4-10(11)12(16)15-6-5-8-1-2-8/h3-4,7-8H,1-2,5-6H2,(H,15,16). The molecule has 0 heterocycles. The fourth-order valence-corrected chi connectivity index (χ4v) is 2.10. The summed E-state index contributed by atoms with van der Waals surface area (Å²) >= 11 is 3.18. The van der Waals surface area contributed by atoms with Crippen LogP contribution in [0.15, 0.2) is 22.7 Å². The molecule has 86 valence electrons. The predicted molar refractivity (Wildman–Crippen MR) is 63.8 cm³/mol. The van der Waals surface area contributed by atoms with Crippen molar-refractivity contribution in [2.75, 3.05) is 6.54 Å². The van der Waals surface area contributed by atoms with Gasteiger partial charge in [-0.2, -0.15) is 0 Å². The predicted octanol–water partition coefficient (Wildman–Crippen LogP) is 3.12. The maximum atomic E-state index is 12.8. The van der Waals surface area contributed by atoms with Gasteiger partial charge in [0, 0.05) is 11.0 Å². The second-order valence-corrected chi connectivity index (χ2v) is 4.97. The third-order valence-corrected chi connectivity index (χ3v) is 3.37. The van der Waals surface area contributed by atoms with Gasteiger partial charge in [-0.3, -0.25) is 4.79 Å². The molecule has 1 aliphatic rings. The molecule has 1 N–H and O–H groups in total. The first kappa shape index (κ1) is 11.6. The van der Waals surface area contributed by atoms with E-state index < -0.39 is 0 Å². The number of hydrogen-bond acceptors (Lipinski definition) is 1. The van der Waals surface area contributed by atoms with Gasteiger partial charge in [0.05, 0.1) is 5.56 Å². The van der Waals surface area contributed by atoms with Crippen molar-refractivity contribution in [2.45, 2.75) is 19.3 Å². The SMILES string of the molecule is O=C(NCCC1CC1)c1ccc(F)cc1Br. The number of carbonyl (C=O) groups is 1. The van der Waals surface area contributed by atoms with E-state index in [0.717, 1.165) is 12.3 Å². The molecule has 1 aliphatic carbocycles. The lowest BCUT2D eigenvalue weighted by Gasteiger charge is -2.06. The minimum Gasteiger partial charge on any atom is -0.352 e. The molecule has 0 aromatic heterocycles. The molecule has 1 fully saturated rings. The fourth-order valence-electron chi connectivity index (χ4n) is 1.57. The zero-order chi connectivity index (χ0) is 11.5. The summed E-state index contributed by atoms with van der Waals surface area (Å²) in [7, 11) is 0. The molecule has 0 aliphatic heterocycles. The van der Waals surface area contributed by atoms with E-state index >= 15 is 0 Å². The largest absolute Gasteiger partial charge is 0.352 e. The van der Waals surface area contributed by atoms with Gasteiger partial charge in [-0.05, 0) is 46.5 Å². The summed E-state index contributed by atoms with van der Waals surface area (Å²) in [5.74, 6) is 0.311. The van der Waals surface area contributed by atoms with Crippen molar-refractivity contribution >= 4 is 21.8 Å². The smallest absolute Gasteiger partial charge is 0.252 e. The van der Waals surface area contributed by atoms with Gasteiger partial charge in [0.15, 0.2) is 0 Å². The Morgan fingerprint density at radius 2 is 2.25 bits per heavy atom. The molecule has 0 bridgehead atoms. The van der Waals surface area contributed by atoms with Crippen molar-refractivity contribution in [1.29, 1.82) is 0 Å². The molecule has 2 rings (SSSR count). The van der Waals surface area contributed by atoms with Gasteiger partial charge in [-0.25, -0.2) is 4.39 Å². The third kappa shape index (κ3) is 3.04. The monoisotopic (exact) mass is 285 g/mol. The van der Waals surface area contributed by atoms with E-state index in [1.165, 1.54) is 31.0 Å². The van der Waals surface area contributed by atoms with E-state index in [-0.39, 0.29) is 11.7 Å². The molecule has 4 heteroatoms. The first-order valence-electron chi connectivity index (χ1n) is 5.40. The summed E-state index contributed by atoms with van der Waals surface area (Å²) in [6.07, 6.45) is 3.62. The Hall–Kier alpha value is -0.900. The molecule has 1 aromatic rings. The van der Waals surface area contributed by atoms with Crippen LogP contribution in [0.5, 0.6) is 0 Å². The number of hydrogen-bond donors (Lipinski definition) is 1. The van der Waals surface area contributed by atoms with E-state index in [9.17, 15) is 9.18 Å². The average molecular weight is 286 g/mol. The fraction of sp³-hybridized carbons (Fsp3) is 0.417. The molecule has 1 aromatic carbocycles. The van der Waals surface area contributed by atoms with Gasteiger partial charge in [0.25, 0.3) is 5.91 Å². The van der Waals surface area contributed by atoms with Crippen LogP contribution >= 0.6 is 15.9 Å². The lowest BCUT2D eigenvalue weighted by molar-refractivity contribution is 0.0952. The molecule has 0 unspecified atom stereocenters. The number of nitrogens with one attached hydrogen (secondary N) is 1. The highest BCUT2D eigenvalue weighted by Gasteiger charge is 2.20. The van der Waals surface area contributed by atoms with Crippen LogP contribution in [0.25, 0.3) is 0 Å². The van der Waals surface area contributed by atoms with E-state index in [1.54, 1.807) is 0 Å². The van der Waals surface area contributed by atoms with Crippen molar-refractivity contribution < 1.29 is 9.18 Å². The highest BCUT2D eigenvalue weighted by Crippen LogP contribution is 2.31. The van der Waals surface area contributed by atoms with Crippen LogP contribution in [0, 0.1) is 11.7 Å². The normalized spacial score (nSPS) is 14.9. The number of halogens is 2. The van der Waals surface area contributed by atoms with E-state index in [1.807, 2.05) is 0 Å². The molecule has 0 radical (unpaired) electrons.